The molecular weight excluding hydrogens is 316 g/mol. The molecule has 2 aromatic heterocycles. The van der Waals surface area contributed by atoms with Gasteiger partial charge < -0.3 is 14.8 Å². The molecule has 3 rings (SSSR count). The number of nitrogens with one attached hydrogen (secondary N) is 1. The average molecular weight is 340 g/mol. The molecule has 25 heavy (non-hydrogen) atoms. The minimum atomic E-state index is -0.242. The molecule has 3 heterocycles. The Morgan fingerprint density at radius 3 is 2.72 bits per heavy atom. The lowest BCUT2D eigenvalue weighted by Gasteiger charge is -2.31. The summed E-state index contributed by atoms with van der Waals surface area (Å²) in [5.41, 5.74) is 1.11. The van der Waals surface area contributed by atoms with Crippen molar-refractivity contribution in [3.63, 3.8) is 0 Å². The third-order valence-electron chi connectivity index (χ3n) is 4.66. The monoisotopic (exact) mass is 340 g/mol. The smallest absolute Gasteiger partial charge is 0.253 e. The molecule has 0 aromatic carbocycles. The molecule has 0 unspecified atom stereocenters. The lowest BCUT2D eigenvalue weighted by Crippen LogP contribution is -2.33. The predicted octanol–water partition coefficient (Wildman–Crippen LogP) is 2.43. The van der Waals surface area contributed by atoms with Gasteiger partial charge in [0.05, 0.1) is 11.9 Å². The molecule has 1 fully saturated rings. The summed E-state index contributed by atoms with van der Waals surface area (Å²) >= 11 is 0. The van der Waals surface area contributed by atoms with Crippen LogP contribution in [0.4, 0.5) is 11.5 Å². The van der Waals surface area contributed by atoms with Crippen molar-refractivity contribution in [2.75, 3.05) is 23.3 Å². The minimum absolute atomic E-state index is 0.00766. The van der Waals surface area contributed by atoms with Crippen molar-refractivity contribution in [3.05, 3.63) is 52.6 Å². The summed E-state index contributed by atoms with van der Waals surface area (Å²) in [4.78, 5) is 30.9. The number of piperidine rings is 1. The minimum Gasteiger partial charge on any atom is -0.357 e. The van der Waals surface area contributed by atoms with Crippen LogP contribution in [0.15, 0.2) is 41.5 Å². The molecule has 0 atom stereocenters. The van der Waals surface area contributed by atoms with Crippen molar-refractivity contribution in [2.45, 2.75) is 33.2 Å². The summed E-state index contributed by atoms with van der Waals surface area (Å²) in [5.74, 6) is 1.48. The van der Waals surface area contributed by atoms with Gasteiger partial charge in [-0.25, -0.2) is 4.98 Å². The number of rotatable bonds is 4. The van der Waals surface area contributed by atoms with E-state index in [1.54, 1.807) is 31.5 Å². The molecule has 1 amide bonds. The molecule has 6 nitrogen and oxygen atoms in total. The Morgan fingerprint density at radius 2 is 2.04 bits per heavy atom. The molecular formula is C19H24N4O2. The fraction of sp³-hybridized carbons (Fsp3) is 0.421. The summed E-state index contributed by atoms with van der Waals surface area (Å²) in [6.07, 6.45) is 5.66. The number of carbonyl (C=O) groups excluding carboxylic acids is 1. The number of aryl methyl sites for hydroxylation is 1. The van der Waals surface area contributed by atoms with Crippen LogP contribution in [-0.2, 0) is 11.3 Å². The van der Waals surface area contributed by atoms with E-state index in [1.165, 1.54) is 17.4 Å². The van der Waals surface area contributed by atoms with Gasteiger partial charge in [-0.05, 0) is 43.9 Å². The normalized spacial score (nSPS) is 15.2. The van der Waals surface area contributed by atoms with Gasteiger partial charge in [-0.3, -0.25) is 9.59 Å². The van der Waals surface area contributed by atoms with E-state index in [2.05, 4.69) is 22.1 Å². The lowest BCUT2D eigenvalue weighted by molar-refractivity contribution is -0.116. The second-order valence-electron chi connectivity index (χ2n) is 6.75. The molecule has 6 heteroatoms. The SMILES string of the molecule is Cc1cccn(CC(=O)Nc2ccc(N3CCC(C)CC3)nc2)c1=O. The Hall–Kier alpha value is -2.63. The van der Waals surface area contributed by atoms with E-state index in [0.717, 1.165) is 24.8 Å². The first-order chi connectivity index (χ1) is 12.0. The highest BCUT2D eigenvalue weighted by atomic mass is 16.2. The third-order valence-corrected chi connectivity index (χ3v) is 4.66. The summed E-state index contributed by atoms with van der Waals surface area (Å²) in [6.45, 7) is 6.06. The number of aromatic nitrogens is 2. The zero-order valence-electron chi connectivity index (χ0n) is 14.7. The predicted molar refractivity (Wildman–Crippen MR) is 98.9 cm³/mol. The van der Waals surface area contributed by atoms with Gasteiger partial charge in [0.25, 0.3) is 5.56 Å². The van der Waals surface area contributed by atoms with Crippen LogP contribution in [0.25, 0.3) is 0 Å². The first-order valence-electron chi connectivity index (χ1n) is 8.70. The van der Waals surface area contributed by atoms with E-state index in [4.69, 9.17) is 0 Å². The maximum absolute atomic E-state index is 12.2. The van der Waals surface area contributed by atoms with Gasteiger partial charge in [-0.15, -0.1) is 0 Å². The number of amides is 1. The fourth-order valence-electron chi connectivity index (χ4n) is 3.02. The maximum Gasteiger partial charge on any atom is 0.253 e. The number of carbonyl (C=O) groups is 1. The topological polar surface area (TPSA) is 67.2 Å². The molecule has 1 saturated heterocycles. The van der Waals surface area contributed by atoms with Crippen molar-refractivity contribution >= 4 is 17.4 Å². The molecule has 132 valence electrons. The van der Waals surface area contributed by atoms with Crippen LogP contribution >= 0.6 is 0 Å². The average Bonchev–Trinajstić information content (AvgIpc) is 2.60. The first kappa shape index (κ1) is 17.2. The van der Waals surface area contributed by atoms with Gasteiger partial charge >= 0.3 is 0 Å². The quantitative estimate of drug-likeness (QED) is 0.928. The van der Waals surface area contributed by atoms with Crippen molar-refractivity contribution in [1.29, 1.82) is 0 Å². The summed E-state index contributed by atoms with van der Waals surface area (Å²) in [5, 5.41) is 2.79. The number of nitrogens with zero attached hydrogens (tertiary/aromatic N) is 3. The molecule has 1 N–H and O–H groups in total. The number of hydrogen-bond donors (Lipinski definition) is 1. The van der Waals surface area contributed by atoms with E-state index < -0.39 is 0 Å². The van der Waals surface area contributed by atoms with E-state index in [1.807, 2.05) is 12.1 Å². The standard InChI is InChI=1S/C19H24N4O2/c1-14-7-10-22(11-8-14)17-6-5-16(12-20-17)21-18(24)13-23-9-3-4-15(2)19(23)25/h3-6,9,12,14H,7-8,10-11,13H2,1-2H3,(H,21,24). The molecule has 0 aliphatic carbocycles. The van der Waals surface area contributed by atoms with Crippen molar-refractivity contribution in [3.8, 4) is 0 Å². The largest absolute Gasteiger partial charge is 0.357 e. The Morgan fingerprint density at radius 1 is 1.28 bits per heavy atom. The lowest BCUT2D eigenvalue weighted by atomic mass is 9.99. The van der Waals surface area contributed by atoms with Crippen LogP contribution in [0.3, 0.4) is 0 Å². The van der Waals surface area contributed by atoms with Crippen LogP contribution in [0.5, 0.6) is 0 Å². The summed E-state index contributed by atoms with van der Waals surface area (Å²) in [6, 6.07) is 7.29. The summed E-state index contributed by atoms with van der Waals surface area (Å²) in [7, 11) is 0. The van der Waals surface area contributed by atoms with Crippen molar-refractivity contribution < 1.29 is 4.79 Å². The highest BCUT2D eigenvalue weighted by molar-refractivity contribution is 5.90. The Bertz CT molecular complexity index is 790. The van der Waals surface area contributed by atoms with Gasteiger partial charge in [0.2, 0.25) is 5.91 Å². The van der Waals surface area contributed by atoms with Crippen LogP contribution in [0.2, 0.25) is 0 Å². The van der Waals surface area contributed by atoms with E-state index in [-0.39, 0.29) is 18.0 Å². The second-order valence-corrected chi connectivity index (χ2v) is 6.75. The molecule has 0 radical (unpaired) electrons. The van der Waals surface area contributed by atoms with Gasteiger partial charge in [0.1, 0.15) is 12.4 Å². The maximum atomic E-state index is 12.2. The van der Waals surface area contributed by atoms with Gasteiger partial charge in [-0.1, -0.05) is 13.0 Å². The van der Waals surface area contributed by atoms with Crippen LogP contribution < -0.4 is 15.8 Å². The van der Waals surface area contributed by atoms with Crippen LogP contribution in [0, 0.1) is 12.8 Å². The molecule has 1 aliphatic rings. The van der Waals surface area contributed by atoms with E-state index in [9.17, 15) is 9.59 Å². The highest BCUT2D eigenvalue weighted by Crippen LogP contribution is 2.22. The van der Waals surface area contributed by atoms with Crippen LogP contribution in [-0.4, -0.2) is 28.5 Å². The number of anilines is 2. The van der Waals surface area contributed by atoms with E-state index >= 15 is 0 Å². The van der Waals surface area contributed by atoms with Gasteiger partial charge in [0, 0.05) is 24.8 Å². The van der Waals surface area contributed by atoms with E-state index in [0.29, 0.717) is 11.3 Å². The molecule has 1 aliphatic heterocycles. The molecule has 2 aromatic rings. The van der Waals surface area contributed by atoms with Crippen molar-refractivity contribution in [2.24, 2.45) is 5.92 Å². The number of hydrogen-bond acceptors (Lipinski definition) is 4. The zero-order valence-corrected chi connectivity index (χ0v) is 14.7. The Balaban J connectivity index is 1.60. The second kappa shape index (κ2) is 7.51. The fourth-order valence-corrected chi connectivity index (χ4v) is 3.02. The molecule has 0 saturated carbocycles. The first-order valence-corrected chi connectivity index (χ1v) is 8.70. The summed E-state index contributed by atoms with van der Waals surface area (Å²) < 4.78 is 1.40. The molecule has 0 spiro atoms. The van der Waals surface area contributed by atoms with Crippen LogP contribution in [0.1, 0.15) is 25.3 Å². The van der Waals surface area contributed by atoms with Crippen molar-refractivity contribution in [1.82, 2.24) is 9.55 Å². The highest BCUT2D eigenvalue weighted by Gasteiger charge is 2.16. The zero-order chi connectivity index (χ0) is 17.8. The van der Waals surface area contributed by atoms with Gasteiger partial charge in [0.15, 0.2) is 0 Å². The van der Waals surface area contributed by atoms with Gasteiger partial charge in [-0.2, -0.15) is 0 Å². The molecule has 0 bridgehead atoms. The number of pyridine rings is 2. The third kappa shape index (κ3) is 4.26. The Labute approximate surface area is 147 Å². The Kier molecular flexibility index (Phi) is 5.16.